The molecule has 0 spiro atoms. The summed E-state index contributed by atoms with van der Waals surface area (Å²) in [6.07, 6.45) is 4.05. The Kier molecular flexibility index (Phi) is 7.76. The van der Waals surface area contributed by atoms with Gasteiger partial charge >= 0.3 is 0 Å². The van der Waals surface area contributed by atoms with E-state index in [-0.39, 0.29) is 5.91 Å². The molecule has 5 nitrogen and oxygen atoms in total. The normalized spacial score (nSPS) is 15.1. The number of amides is 1. The minimum atomic E-state index is 0.276. The molecule has 5 heteroatoms. The van der Waals surface area contributed by atoms with Crippen LogP contribution in [0.1, 0.15) is 50.7 Å². The highest BCUT2D eigenvalue weighted by Crippen LogP contribution is 2.14. The second-order valence-electron chi connectivity index (χ2n) is 6.72. The van der Waals surface area contributed by atoms with Crippen LogP contribution in [0.2, 0.25) is 0 Å². The lowest BCUT2D eigenvalue weighted by atomic mass is 10.0. The van der Waals surface area contributed by atoms with Crippen LogP contribution < -0.4 is 10.6 Å². The number of likely N-dealkylation sites (tertiary alicyclic amines) is 1. The molecule has 1 aliphatic rings. The Balaban J connectivity index is 1.79. The molecule has 0 atom stereocenters. The average Bonchev–Trinajstić information content (AvgIpc) is 3.04. The predicted molar refractivity (Wildman–Crippen MR) is 103 cm³/mol. The predicted octanol–water partition coefficient (Wildman–Crippen LogP) is 2.91. The fourth-order valence-corrected chi connectivity index (χ4v) is 3.08. The van der Waals surface area contributed by atoms with Crippen LogP contribution >= 0.6 is 0 Å². The van der Waals surface area contributed by atoms with E-state index < -0.39 is 0 Å². The third-order valence-electron chi connectivity index (χ3n) is 4.96. The fourth-order valence-electron chi connectivity index (χ4n) is 3.08. The first-order chi connectivity index (χ1) is 12.2. The van der Waals surface area contributed by atoms with E-state index in [0.29, 0.717) is 12.3 Å². The summed E-state index contributed by atoms with van der Waals surface area (Å²) in [4.78, 5) is 17.9. The van der Waals surface area contributed by atoms with Gasteiger partial charge in [0.15, 0.2) is 5.96 Å². The van der Waals surface area contributed by atoms with E-state index in [0.717, 1.165) is 38.6 Å². The first-order valence-electron chi connectivity index (χ1n) is 9.46. The van der Waals surface area contributed by atoms with Crippen LogP contribution in [0.4, 0.5) is 0 Å². The van der Waals surface area contributed by atoms with Crippen LogP contribution in [0.25, 0.3) is 0 Å². The van der Waals surface area contributed by atoms with Gasteiger partial charge in [0.2, 0.25) is 5.91 Å². The molecular weight excluding hydrogens is 312 g/mol. The van der Waals surface area contributed by atoms with Crippen LogP contribution in [-0.4, -0.2) is 36.9 Å². The molecule has 1 saturated heterocycles. The van der Waals surface area contributed by atoms with Crippen molar-refractivity contribution in [3.63, 3.8) is 0 Å². The maximum atomic E-state index is 11.7. The van der Waals surface area contributed by atoms with Gasteiger partial charge in [0, 0.05) is 39.6 Å². The number of nitrogens with zero attached hydrogens (tertiary/aromatic N) is 2. The van der Waals surface area contributed by atoms with E-state index >= 15 is 0 Å². The van der Waals surface area contributed by atoms with Crippen LogP contribution in [-0.2, 0) is 17.9 Å². The number of hydrogen-bond donors (Lipinski definition) is 2. The van der Waals surface area contributed by atoms with Crippen molar-refractivity contribution in [1.29, 1.82) is 0 Å². The summed E-state index contributed by atoms with van der Waals surface area (Å²) in [6, 6.07) is 8.47. The number of aliphatic imine (C=N–C) groups is 1. The van der Waals surface area contributed by atoms with E-state index in [4.69, 9.17) is 0 Å². The Hall–Kier alpha value is -2.04. The van der Waals surface area contributed by atoms with Crippen LogP contribution in [0.5, 0.6) is 0 Å². The van der Waals surface area contributed by atoms with E-state index in [2.05, 4.69) is 53.7 Å². The zero-order valence-electron chi connectivity index (χ0n) is 15.8. The molecule has 1 fully saturated rings. The number of carbonyl (C=O) groups is 1. The Morgan fingerprint density at radius 3 is 2.40 bits per heavy atom. The molecule has 138 valence electrons. The zero-order valence-corrected chi connectivity index (χ0v) is 15.8. The maximum Gasteiger partial charge on any atom is 0.222 e. The number of carbonyl (C=O) groups excluding carboxylic acids is 1. The van der Waals surface area contributed by atoms with Gasteiger partial charge in [-0.2, -0.15) is 0 Å². The molecule has 2 N–H and O–H groups in total. The molecule has 1 aromatic carbocycles. The van der Waals surface area contributed by atoms with E-state index in [9.17, 15) is 4.79 Å². The molecule has 0 aromatic heterocycles. The van der Waals surface area contributed by atoms with Crippen LogP contribution in [0.15, 0.2) is 29.3 Å². The monoisotopic (exact) mass is 344 g/mol. The largest absolute Gasteiger partial charge is 0.356 e. The standard InChI is InChI=1S/C20H32N4O/c1-4-16(5-2)13-22-20(21-3)23-14-17-8-10-18(11-9-17)15-24-12-6-7-19(24)25/h8-11,16H,4-7,12-15H2,1-3H3,(H2,21,22,23). The molecule has 1 amide bonds. The van der Waals surface area contributed by atoms with E-state index in [1.165, 1.54) is 24.0 Å². The highest BCUT2D eigenvalue weighted by molar-refractivity contribution is 5.79. The molecule has 2 rings (SSSR count). The average molecular weight is 345 g/mol. The van der Waals surface area contributed by atoms with Crippen molar-refractivity contribution >= 4 is 11.9 Å². The Bertz CT molecular complexity index is 564. The van der Waals surface area contributed by atoms with E-state index in [1.54, 1.807) is 7.05 Å². The van der Waals surface area contributed by atoms with Gasteiger partial charge in [0.1, 0.15) is 0 Å². The van der Waals surface area contributed by atoms with Gasteiger partial charge in [-0.05, 0) is 23.5 Å². The van der Waals surface area contributed by atoms with Crippen molar-refractivity contribution in [2.45, 2.75) is 52.6 Å². The van der Waals surface area contributed by atoms with Gasteiger partial charge < -0.3 is 15.5 Å². The zero-order chi connectivity index (χ0) is 18.1. The first-order valence-corrected chi connectivity index (χ1v) is 9.46. The third-order valence-corrected chi connectivity index (χ3v) is 4.96. The van der Waals surface area contributed by atoms with Gasteiger partial charge in [-0.1, -0.05) is 51.0 Å². The fraction of sp³-hybridized carbons (Fsp3) is 0.600. The molecule has 0 aliphatic carbocycles. The number of guanidine groups is 1. The van der Waals surface area contributed by atoms with E-state index in [1.807, 2.05) is 4.90 Å². The summed E-state index contributed by atoms with van der Waals surface area (Å²) >= 11 is 0. The summed E-state index contributed by atoms with van der Waals surface area (Å²) in [5, 5.41) is 6.76. The highest BCUT2D eigenvalue weighted by Gasteiger charge is 2.19. The van der Waals surface area contributed by atoms with Crippen molar-refractivity contribution in [2.24, 2.45) is 10.9 Å². The van der Waals surface area contributed by atoms with Crippen LogP contribution in [0.3, 0.4) is 0 Å². The SMILES string of the molecule is CCC(CC)CNC(=NC)NCc1ccc(CN2CCCC2=O)cc1. The molecule has 1 heterocycles. The molecule has 0 bridgehead atoms. The van der Waals surface area contributed by atoms with Crippen LogP contribution in [0, 0.1) is 5.92 Å². The summed E-state index contributed by atoms with van der Waals surface area (Å²) in [7, 11) is 1.80. The summed E-state index contributed by atoms with van der Waals surface area (Å²) in [6.45, 7) is 7.76. The molecule has 25 heavy (non-hydrogen) atoms. The molecule has 1 aromatic rings. The Morgan fingerprint density at radius 2 is 1.84 bits per heavy atom. The molecule has 0 saturated carbocycles. The van der Waals surface area contributed by atoms with Crippen molar-refractivity contribution in [2.75, 3.05) is 20.1 Å². The second kappa shape index (κ2) is 10.1. The lowest BCUT2D eigenvalue weighted by Gasteiger charge is -2.17. The Morgan fingerprint density at radius 1 is 1.16 bits per heavy atom. The lowest BCUT2D eigenvalue weighted by Crippen LogP contribution is -2.39. The number of benzene rings is 1. The number of nitrogens with one attached hydrogen (secondary N) is 2. The van der Waals surface area contributed by atoms with Gasteiger partial charge in [-0.3, -0.25) is 9.79 Å². The molecule has 0 radical (unpaired) electrons. The summed E-state index contributed by atoms with van der Waals surface area (Å²) in [5.41, 5.74) is 2.40. The number of rotatable bonds is 8. The minimum absolute atomic E-state index is 0.276. The maximum absolute atomic E-state index is 11.7. The third kappa shape index (κ3) is 6.07. The van der Waals surface area contributed by atoms with Gasteiger partial charge in [0.05, 0.1) is 0 Å². The molecule has 1 aliphatic heterocycles. The lowest BCUT2D eigenvalue weighted by molar-refractivity contribution is -0.128. The minimum Gasteiger partial charge on any atom is -0.356 e. The topological polar surface area (TPSA) is 56.7 Å². The molecular formula is C20H32N4O. The van der Waals surface area contributed by atoms with Crippen molar-refractivity contribution in [3.8, 4) is 0 Å². The van der Waals surface area contributed by atoms with Gasteiger partial charge in [-0.15, -0.1) is 0 Å². The smallest absolute Gasteiger partial charge is 0.222 e. The first kappa shape index (κ1) is 19.3. The molecule has 0 unspecified atom stereocenters. The van der Waals surface area contributed by atoms with Crippen molar-refractivity contribution in [1.82, 2.24) is 15.5 Å². The number of hydrogen-bond acceptors (Lipinski definition) is 2. The highest BCUT2D eigenvalue weighted by atomic mass is 16.2. The summed E-state index contributed by atoms with van der Waals surface area (Å²) in [5.74, 6) is 1.81. The van der Waals surface area contributed by atoms with Crippen molar-refractivity contribution < 1.29 is 4.79 Å². The van der Waals surface area contributed by atoms with Crippen molar-refractivity contribution in [3.05, 3.63) is 35.4 Å². The summed E-state index contributed by atoms with van der Waals surface area (Å²) < 4.78 is 0. The Labute approximate surface area is 151 Å². The second-order valence-corrected chi connectivity index (χ2v) is 6.72. The van der Waals surface area contributed by atoms with Gasteiger partial charge in [-0.25, -0.2) is 0 Å². The van der Waals surface area contributed by atoms with Gasteiger partial charge in [0.25, 0.3) is 0 Å². The quantitative estimate of drug-likeness (QED) is 0.563.